The van der Waals surface area contributed by atoms with Crippen LogP contribution in [-0.2, 0) is 0 Å². The molecule has 0 spiro atoms. The molecule has 1 heteroatoms. The minimum Gasteiger partial charge on any atom is -0.393 e. The van der Waals surface area contributed by atoms with Gasteiger partial charge in [-0.1, -0.05) is 33.1 Å². The van der Waals surface area contributed by atoms with Gasteiger partial charge in [-0.25, -0.2) is 0 Å². The van der Waals surface area contributed by atoms with E-state index in [-0.39, 0.29) is 6.10 Å². The first-order valence-corrected chi connectivity index (χ1v) is 4.92. The van der Waals surface area contributed by atoms with E-state index in [2.05, 4.69) is 13.8 Å². The average Bonchev–Trinajstić information content (AvgIpc) is 2.03. The average molecular weight is 156 g/mol. The van der Waals surface area contributed by atoms with Gasteiger partial charge in [-0.2, -0.15) is 0 Å². The Morgan fingerprint density at radius 2 is 2.18 bits per heavy atom. The van der Waals surface area contributed by atoms with Crippen molar-refractivity contribution in [1.82, 2.24) is 0 Å². The number of hydrogen-bond acceptors (Lipinski definition) is 1. The lowest BCUT2D eigenvalue weighted by Crippen LogP contribution is -2.23. The first-order chi connectivity index (χ1) is 5.24. The van der Waals surface area contributed by atoms with Crippen LogP contribution in [0.15, 0.2) is 0 Å². The van der Waals surface area contributed by atoms with E-state index in [1.54, 1.807) is 0 Å². The fraction of sp³-hybridized carbons (Fsp3) is 1.00. The highest BCUT2D eigenvalue weighted by Gasteiger charge is 2.23. The lowest BCUT2D eigenvalue weighted by Gasteiger charge is -2.29. The Balaban J connectivity index is 2.33. The molecule has 3 atom stereocenters. The van der Waals surface area contributed by atoms with Crippen LogP contribution >= 0.6 is 0 Å². The third kappa shape index (κ3) is 2.48. The largest absolute Gasteiger partial charge is 0.393 e. The van der Waals surface area contributed by atoms with Crippen LogP contribution < -0.4 is 0 Å². The minimum atomic E-state index is 0.00255. The van der Waals surface area contributed by atoms with Gasteiger partial charge in [-0.3, -0.25) is 0 Å². The van der Waals surface area contributed by atoms with E-state index < -0.39 is 0 Å². The zero-order chi connectivity index (χ0) is 8.27. The molecule has 0 bridgehead atoms. The molecule has 66 valence electrons. The van der Waals surface area contributed by atoms with E-state index >= 15 is 0 Å². The predicted octanol–water partition coefficient (Wildman–Crippen LogP) is 2.58. The van der Waals surface area contributed by atoms with Crippen LogP contribution in [0.1, 0.15) is 46.0 Å². The van der Waals surface area contributed by atoms with Gasteiger partial charge < -0.3 is 5.11 Å². The Morgan fingerprint density at radius 1 is 1.45 bits per heavy atom. The number of aliphatic hydroxyl groups excluding tert-OH is 1. The van der Waals surface area contributed by atoms with Crippen molar-refractivity contribution in [3.63, 3.8) is 0 Å². The van der Waals surface area contributed by atoms with E-state index in [4.69, 9.17) is 0 Å². The predicted molar refractivity (Wildman–Crippen MR) is 47.4 cm³/mol. The quantitative estimate of drug-likeness (QED) is 0.651. The summed E-state index contributed by atoms with van der Waals surface area (Å²) in [4.78, 5) is 0. The smallest absolute Gasteiger partial charge is 0.0543 e. The van der Waals surface area contributed by atoms with Gasteiger partial charge in [0.05, 0.1) is 6.10 Å². The fourth-order valence-electron chi connectivity index (χ4n) is 2.05. The van der Waals surface area contributed by atoms with E-state index in [9.17, 15) is 5.11 Å². The zero-order valence-electron chi connectivity index (χ0n) is 7.71. The number of hydrogen-bond donors (Lipinski definition) is 1. The Hall–Kier alpha value is -0.0400. The van der Waals surface area contributed by atoms with Gasteiger partial charge in [0.1, 0.15) is 0 Å². The van der Waals surface area contributed by atoms with Crippen molar-refractivity contribution in [2.45, 2.75) is 52.1 Å². The molecule has 11 heavy (non-hydrogen) atoms. The summed E-state index contributed by atoms with van der Waals surface area (Å²) in [5.74, 6) is 1.61. The molecular formula is C10H20O. The highest BCUT2D eigenvalue weighted by atomic mass is 16.3. The molecule has 0 radical (unpaired) electrons. The molecule has 1 aliphatic rings. The van der Waals surface area contributed by atoms with Crippen molar-refractivity contribution >= 4 is 0 Å². The van der Waals surface area contributed by atoms with Crippen molar-refractivity contribution in [1.29, 1.82) is 0 Å². The van der Waals surface area contributed by atoms with E-state index in [1.807, 2.05) is 0 Å². The van der Waals surface area contributed by atoms with Crippen molar-refractivity contribution in [2.24, 2.45) is 11.8 Å². The maximum Gasteiger partial charge on any atom is 0.0543 e. The van der Waals surface area contributed by atoms with Gasteiger partial charge in [-0.05, 0) is 24.7 Å². The Kier molecular flexibility index (Phi) is 3.38. The third-order valence-electron chi connectivity index (χ3n) is 3.14. The summed E-state index contributed by atoms with van der Waals surface area (Å²) in [6.45, 7) is 4.55. The van der Waals surface area contributed by atoms with Crippen LogP contribution in [0.3, 0.4) is 0 Å². The maximum absolute atomic E-state index is 9.42. The minimum absolute atomic E-state index is 0.00255. The van der Waals surface area contributed by atoms with Crippen molar-refractivity contribution in [3.05, 3.63) is 0 Å². The topological polar surface area (TPSA) is 20.2 Å². The van der Waals surface area contributed by atoms with E-state index in [1.165, 1.54) is 19.3 Å². The Bertz CT molecular complexity index is 111. The number of aliphatic hydroxyl groups is 1. The summed E-state index contributed by atoms with van der Waals surface area (Å²) >= 11 is 0. The van der Waals surface area contributed by atoms with E-state index in [0.717, 1.165) is 24.7 Å². The molecule has 0 aromatic heterocycles. The standard InChI is InChI=1S/C10H20O/c1-3-8(2)9-5-4-6-10(11)7-9/h8-11H,3-7H2,1-2H3/t8?,9-,10+/m0/s1. The molecule has 1 fully saturated rings. The summed E-state index contributed by atoms with van der Waals surface area (Å²) < 4.78 is 0. The van der Waals surface area contributed by atoms with Gasteiger partial charge in [0, 0.05) is 0 Å². The highest BCUT2D eigenvalue weighted by molar-refractivity contribution is 4.75. The lowest BCUT2D eigenvalue weighted by molar-refractivity contribution is 0.0819. The van der Waals surface area contributed by atoms with E-state index in [0.29, 0.717) is 0 Å². The van der Waals surface area contributed by atoms with Crippen LogP contribution in [0.25, 0.3) is 0 Å². The molecular weight excluding hydrogens is 136 g/mol. The monoisotopic (exact) mass is 156 g/mol. The first kappa shape index (κ1) is 9.05. The molecule has 1 N–H and O–H groups in total. The molecule has 0 amide bonds. The lowest BCUT2D eigenvalue weighted by atomic mass is 9.79. The van der Waals surface area contributed by atoms with Crippen LogP contribution in [0.4, 0.5) is 0 Å². The SMILES string of the molecule is CCC(C)[C@H]1CCC[C@@H](O)C1. The van der Waals surface area contributed by atoms with Gasteiger partial charge in [0.25, 0.3) is 0 Å². The molecule has 0 aliphatic heterocycles. The van der Waals surface area contributed by atoms with Gasteiger partial charge >= 0.3 is 0 Å². The molecule has 0 aromatic rings. The van der Waals surface area contributed by atoms with Crippen LogP contribution in [0.5, 0.6) is 0 Å². The second-order valence-corrected chi connectivity index (χ2v) is 3.97. The van der Waals surface area contributed by atoms with Gasteiger partial charge in [0.15, 0.2) is 0 Å². The zero-order valence-corrected chi connectivity index (χ0v) is 7.71. The fourth-order valence-corrected chi connectivity index (χ4v) is 2.05. The molecule has 1 unspecified atom stereocenters. The van der Waals surface area contributed by atoms with Crippen molar-refractivity contribution in [3.8, 4) is 0 Å². The normalized spacial score (nSPS) is 35.2. The molecule has 1 saturated carbocycles. The second-order valence-electron chi connectivity index (χ2n) is 3.97. The number of rotatable bonds is 2. The highest BCUT2D eigenvalue weighted by Crippen LogP contribution is 2.31. The summed E-state index contributed by atoms with van der Waals surface area (Å²) in [5, 5.41) is 9.42. The first-order valence-electron chi connectivity index (χ1n) is 4.92. The summed E-state index contributed by atoms with van der Waals surface area (Å²) in [7, 11) is 0. The molecule has 0 saturated heterocycles. The maximum atomic E-state index is 9.42. The summed E-state index contributed by atoms with van der Waals surface area (Å²) in [5.41, 5.74) is 0. The summed E-state index contributed by atoms with van der Waals surface area (Å²) in [6, 6.07) is 0. The van der Waals surface area contributed by atoms with Crippen LogP contribution in [0.2, 0.25) is 0 Å². The molecule has 0 aromatic carbocycles. The second kappa shape index (κ2) is 4.10. The van der Waals surface area contributed by atoms with Crippen LogP contribution in [-0.4, -0.2) is 11.2 Å². The molecule has 0 heterocycles. The molecule has 1 rings (SSSR count). The van der Waals surface area contributed by atoms with Gasteiger partial charge in [-0.15, -0.1) is 0 Å². The summed E-state index contributed by atoms with van der Waals surface area (Å²) in [6.07, 6.45) is 5.92. The third-order valence-corrected chi connectivity index (χ3v) is 3.14. The van der Waals surface area contributed by atoms with Crippen LogP contribution in [0, 0.1) is 11.8 Å². The Morgan fingerprint density at radius 3 is 2.73 bits per heavy atom. The van der Waals surface area contributed by atoms with Gasteiger partial charge in [0.2, 0.25) is 0 Å². The van der Waals surface area contributed by atoms with Crippen molar-refractivity contribution < 1.29 is 5.11 Å². The van der Waals surface area contributed by atoms with Crippen molar-refractivity contribution in [2.75, 3.05) is 0 Å². The molecule has 1 aliphatic carbocycles. The Labute approximate surface area is 69.8 Å². The molecule has 1 nitrogen and oxygen atoms in total.